The Morgan fingerprint density at radius 1 is 1.10 bits per heavy atom. The number of alkyl halides is 3. The van der Waals surface area contributed by atoms with Crippen LogP contribution in [-0.4, -0.2) is 50.1 Å². The van der Waals surface area contributed by atoms with Gasteiger partial charge in [0, 0.05) is 7.05 Å². The van der Waals surface area contributed by atoms with Crippen LogP contribution < -0.4 is 10.1 Å². The molecule has 0 atom stereocenters. The van der Waals surface area contributed by atoms with E-state index >= 15 is 0 Å². The van der Waals surface area contributed by atoms with Gasteiger partial charge in [0.05, 0.1) is 19.3 Å². The van der Waals surface area contributed by atoms with Gasteiger partial charge in [-0.2, -0.15) is 13.2 Å². The number of rotatable bonds is 5. The SMILES string of the molecule is CCOC(=O)NC(=O)CN(C)C(=O)c1c(F)ccc2c(C(F)(F)F)c(OC)ccc12. The Morgan fingerprint density at radius 2 is 1.73 bits per heavy atom. The monoisotopic (exact) mass is 430 g/mol. The van der Waals surface area contributed by atoms with Crippen LogP contribution >= 0.6 is 0 Å². The first-order valence-electron chi connectivity index (χ1n) is 8.59. The summed E-state index contributed by atoms with van der Waals surface area (Å²) in [5.41, 5.74) is -1.80. The van der Waals surface area contributed by atoms with Crippen molar-refractivity contribution in [2.75, 3.05) is 27.3 Å². The fraction of sp³-hybridized carbons (Fsp3) is 0.316. The normalized spacial score (nSPS) is 11.2. The zero-order chi connectivity index (χ0) is 22.6. The number of hydrogen-bond donors (Lipinski definition) is 1. The van der Waals surface area contributed by atoms with Crippen molar-refractivity contribution in [2.24, 2.45) is 0 Å². The van der Waals surface area contributed by atoms with Crippen LogP contribution in [0.4, 0.5) is 22.4 Å². The van der Waals surface area contributed by atoms with Gasteiger partial charge in [-0.05, 0) is 35.9 Å². The highest BCUT2D eigenvalue weighted by Crippen LogP contribution is 2.42. The summed E-state index contributed by atoms with van der Waals surface area (Å²) in [7, 11) is 2.20. The second-order valence-corrected chi connectivity index (χ2v) is 6.09. The van der Waals surface area contributed by atoms with E-state index in [0.717, 1.165) is 43.3 Å². The smallest absolute Gasteiger partial charge is 0.420 e. The maximum absolute atomic E-state index is 14.5. The second kappa shape index (κ2) is 8.97. The van der Waals surface area contributed by atoms with Gasteiger partial charge in [-0.3, -0.25) is 14.9 Å². The molecular formula is C19H18F4N2O5. The third-order valence-electron chi connectivity index (χ3n) is 4.07. The topological polar surface area (TPSA) is 84.9 Å². The van der Waals surface area contributed by atoms with Crippen LogP contribution in [0.2, 0.25) is 0 Å². The van der Waals surface area contributed by atoms with Crippen molar-refractivity contribution in [1.82, 2.24) is 10.2 Å². The summed E-state index contributed by atoms with van der Waals surface area (Å²) in [6.07, 6.45) is -5.85. The number of carbonyl (C=O) groups is 3. The summed E-state index contributed by atoms with van der Waals surface area (Å²) >= 11 is 0. The minimum atomic E-state index is -4.82. The number of alkyl carbamates (subject to hydrolysis) is 1. The summed E-state index contributed by atoms with van der Waals surface area (Å²) < 4.78 is 64.4. The van der Waals surface area contributed by atoms with E-state index in [1.165, 1.54) is 6.92 Å². The summed E-state index contributed by atoms with van der Waals surface area (Å²) in [6.45, 7) is 0.878. The predicted octanol–water partition coefficient (Wildman–Crippen LogP) is 3.35. The van der Waals surface area contributed by atoms with E-state index in [1.807, 2.05) is 5.32 Å². The van der Waals surface area contributed by atoms with Crippen LogP contribution in [-0.2, 0) is 15.7 Å². The number of halogens is 4. The number of nitrogens with one attached hydrogen (secondary N) is 1. The van der Waals surface area contributed by atoms with E-state index in [-0.39, 0.29) is 12.0 Å². The molecule has 3 amide bonds. The molecule has 0 aliphatic rings. The number of nitrogens with zero attached hydrogens (tertiary/aromatic N) is 1. The van der Waals surface area contributed by atoms with Gasteiger partial charge in [-0.1, -0.05) is 6.07 Å². The Kier molecular flexibility index (Phi) is 6.85. The van der Waals surface area contributed by atoms with Crippen molar-refractivity contribution in [3.63, 3.8) is 0 Å². The molecule has 1 N–H and O–H groups in total. The fourth-order valence-electron chi connectivity index (χ4n) is 2.84. The Bertz CT molecular complexity index is 991. The Morgan fingerprint density at radius 3 is 2.30 bits per heavy atom. The van der Waals surface area contributed by atoms with Gasteiger partial charge < -0.3 is 14.4 Å². The number of methoxy groups -OCH3 is 1. The summed E-state index contributed by atoms with van der Waals surface area (Å²) in [5.74, 6) is -3.51. The van der Waals surface area contributed by atoms with Gasteiger partial charge in [0.2, 0.25) is 5.91 Å². The Balaban J connectivity index is 2.46. The minimum Gasteiger partial charge on any atom is -0.496 e. The maximum Gasteiger partial charge on any atom is 0.420 e. The predicted molar refractivity (Wildman–Crippen MR) is 97.6 cm³/mol. The van der Waals surface area contributed by atoms with Crippen LogP contribution in [0.5, 0.6) is 5.75 Å². The van der Waals surface area contributed by atoms with Crippen LogP contribution in [0.25, 0.3) is 10.8 Å². The number of benzene rings is 2. The number of fused-ring (bicyclic) bond motifs is 1. The van der Waals surface area contributed by atoms with Gasteiger partial charge in [-0.25, -0.2) is 9.18 Å². The largest absolute Gasteiger partial charge is 0.496 e. The summed E-state index contributed by atoms with van der Waals surface area (Å²) in [6, 6.07) is 3.75. The standard InChI is InChI=1S/C19H18F4N2O5/c1-4-30-18(28)24-14(26)9-25(2)17(27)15-10-6-8-13(29-3)16(19(21,22)23)11(10)5-7-12(15)20/h5-8H,4,9H2,1-3H3,(H,24,26,28). The zero-order valence-corrected chi connectivity index (χ0v) is 16.2. The molecule has 0 aliphatic carbocycles. The van der Waals surface area contributed by atoms with Gasteiger partial charge in [0.15, 0.2) is 0 Å². The number of hydrogen-bond acceptors (Lipinski definition) is 5. The average molecular weight is 430 g/mol. The van der Waals surface area contributed by atoms with Gasteiger partial charge in [0.25, 0.3) is 5.91 Å². The van der Waals surface area contributed by atoms with Crippen molar-refractivity contribution in [3.05, 3.63) is 41.2 Å². The number of amides is 3. The Labute approximate surface area is 168 Å². The van der Waals surface area contributed by atoms with E-state index in [1.54, 1.807) is 0 Å². The molecule has 30 heavy (non-hydrogen) atoms. The highest BCUT2D eigenvalue weighted by Gasteiger charge is 2.37. The molecule has 0 saturated carbocycles. The molecule has 0 fully saturated rings. The van der Waals surface area contributed by atoms with Crippen LogP contribution in [0, 0.1) is 5.82 Å². The fourth-order valence-corrected chi connectivity index (χ4v) is 2.84. The molecule has 7 nitrogen and oxygen atoms in total. The Hall–Kier alpha value is -3.37. The summed E-state index contributed by atoms with van der Waals surface area (Å²) in [5, 5.41) is 1.13. The number of likely N-dealkylation sites (N-methyl/N-ethyl adjacent to an activating group) is 1. The van der Waals surface area contributed by atoms with E-state index < -0.39 is 58.7 Å². The third kappa shape index (κ3) is 4.78. The molecule has 0 aliphatic heterocycles. The first-order valence-corrected chi connectivity index (χ1v) is 8.59. The van der Waals surface area contributed by atoms with E-state index in [0.29, 0.717) is 0 Å². The first-order chi connectivity index (χ1) is 14.0. The average Bonchev–Trinajstić information content (AvgIpc) is 2.65. The molecular weight excluding hydrogens is 412 g/mol. The van der Waals surface area contributed by atoms with Crippen molar-refractivity contribution in [3.8, 4) is 5.75 Å². The highest BCUT2D eigenvalue weighted by molar-refractivity contribution is 6.09. The maximum atomic E-state index is 14.5. The lowest BCUT2D eigenvalue weighted by Gasteiger charge is -2.20. The second-order valence-electron chi connectivity index (χ2n) is 6.09. The van der Waals surface area contributed by atoms with Crippen molar-refractivity contribution in [2.45, 2.75) is 13.1 Å². The molecule has 0 spiro atoms. The van der Waals surface area contributed by atoms with Crippen LogP contribution in [0.3, 0.4) is 0 Å². The van der Waals surface area contributed by atoms with Crippen LogP contribution in [0.15, 0.2) is 24.3 Å². The molecule has 0 saturated heterocycles. The molecule has 11 heteroatoms. The van der Waals surface area contributed by atoms with Gasteiger partial charge in [-0.15, -0.1) is 0 Å². The van der Waals surface area contributed by atoms with Gasteiger partial charge >= 0.3 is 12.3 Å². The van der Waals surface area contributed by atoms with Crippen molar-refractivity contribution < 1.29 is 41.4 Å². The minimum absolute atomic E-state index is 0.0140. The molecule has 162 valence electrons. The molecule has 0 unspecified atom stereocenters. The quantitative estimate of drug-likeness (QED) is 0.736. The van der Waals surface area contributed by atoms with Gasteiger partial charge in [0.1, 0.15) is 23.7 Å². The van der Waals surface area contributed by atoms with Crippen molar-refractivity contribution in [1.29, 1.82) is 0 Å². The van der Waals surface area contributed by atoms with E-state index in [9.17, 15) is 31.9 Å². The lowest BCUT2D eigenvalue weighted by Crippen LogP contribution is -2.41. The lowest BCUT2D eigenvalue weighted by molar-refractivity contribution is -0.137. The van der Waals surface area contributed by atoms with E-state index in [2.05, 4.69) is 4.74 Å². The number of carbonyl (C=O) groups excluding carboxylic acids is 3. The summed E-state index contributed by atoms with van der Waals surface area (Å²) in [4.78, 5) is 36.6. The lowest BCUT2D eigenvalue weighted by atomic mass is 9.97. The van der Waals surface area contributed by atoms with Crippen LogP contribution in [0.1, 0.15) is 22.8 Å². The molecule has 2 rings (SSSR count). The molecule has 2 aromatic carbocycles. The number of imide groups is 1. The van der Waals surface area contributed by atoms with Crippen molar-refractivity contribution >= 4 is 28.7 Å². The molecule has 0 radical (unpaired) electrons. The highest BCUT2D eigenvalue weighted by atomic mass is 19.4. The van der Waals surface area contributed by atoms with E-state index in [4.69, 9.17) is 4.74 Å². The molecule has 0 heterocycles. The zero-order valence-electron chi connectivity index (χ0n) is 16.2. The molecule has 0 aromatic heterocycles. The molecule has 2 aromatic rings. The number of ether oxygens (including phenoxy) is 2. The molecule has 0 bridgehead atoms. The third-order valence-corrected chi connectivity index (χ3v) is 4.07. The first kappa shape index (κ1) is 22.9.